The monoisotopic (exact) mass is 237 g/mol. The number of carboxylic acids is 1. The Kier molecular flexibility index (Phi) is 3.66. The SMILES string of the molecule is CCn1ccnc1N1CCC(CCC(=O)O)C1. The van der Waals surface area contributed by atoms with Gasteiger partial charge >= 0.3 is 5.97 Å². The van der Waals surface area contributed by atoms with Crippen LogP contribution in [0.2, 0.25) is 0 Å². The molecule has 0 spiro atoms. The number of aromatic nitrogens is 2. The van der Waals surface area contributed by atoms with Gasteiger partial charge in [-0.1, -0.05) is 0 Å². The van der Waals surface area contributed by atoms with E-state index in [1.165, 1.54) is 0 Å². The zero-order valence-corrected chi connectivity index (χ0v) is 10.2. The van der Waals surface area contributed by atoms with Crippen LogP contribution in [0, 0.1) is 5.92 Å². The van der Waals surface area contributed by atoms with Crippen molar-refractivity contribution in [3.8, 4) is 0 Å². The summed E-state index contributed by atoms with van der Waals surface area (Å²) < 4.78 is 2.12. The highest BCUT2D eigenvalue weighted by Gasteiger charge is 2.25. The fourth-order valence-electron chi connectivity index (χ4n) is 2.41. The number of hydrogen-bond acceptors (Lipinski definition) is 3. The predicted molar refractivity (Wildman–Crippen MR) is 65.1 cm³/mol. The molecule has 1 aliphatic heterocycles. The Labute approximate surface area is 101 Å². The topological polar surface area (TPSA) is 58.4 Å². The van der Waals surface area contributed by atoms with E-state index >= 15 is 0 Å². The summed E-state index contributed by atoms with van der Waals surface area (Å²) in [5.74, 6) is 0.817. The fraction of sp³-hybridized carbons (Fsp3) is 0.667. The van der Waals surface area contributed by atoms with Gasteiger partial charge in [-0.05, 0) is 25.7 Å². The van der Waals surface area contributed by atoms with Gasteiger partial charge in [-0.2, -0.15) is 0 Å². The smallest absolute Gasteiger partial charge is 0.303 e. The predicted octanol–water partition coefficient (Wildman–Crippen LogP) is 1.59. The molecule has 1 unspecified atom stereocenters. The van der Waals surface area contributed by atoms with Crippen molar-refractivity contribution in [3.63, 3.8) is 0 Å². The largest absolute Gasteiger partial charge is 0.481 e. The van der Waals surface area contributed by atoms with Crippen LogP contribution >= 0.6 is 0 Å². The standard InChI is InChI=1S/C12H19N3O2/c1-2-14-8-6-13-12(14)15-7-5-10(9-15)3-4-11(16)17/h6,8,10H,2-5,7,9H2,1H3,(H,16,17). The second-order valence-corrected chi connectivity index (χ2v) is 4.55. The van der Waals surface area contributed by atoms with E-state index in [0.717, 1.165) is 38.4 Å². The first kappa shape index (κ1) is 12.0. The minimum absolute atomic E-state index is 0.278. The molecule has 0 amide bonds. The zero-order chi connectivity index (χ0) is 12.3. The highest BCUT2D eigenvalue weighted by molar-refractivity contribution is 5.66. The van der Waals surface area contributed by atoms with Gasteiger partial charge in [-0.25, -0.2) is 4.98 Å². The van der Waals surface area contributed by atoms with Crippen molar-refractivity contribution in [1.82, 2.24) is 9.55 Å². The van der Waals surface area contributed by atoms with Crippen molar-refractivity contribution >= 4 is 11.9 Å². The van der Waals surface area contributed by atoms with Crippen LogP contribution in [0.3, 0.4) is 0 Å². The number of rotatable bonds is 5. The van der Waals surface area contributed by atoms with Crippen LogP contribution in [-0.2, 0) is 11.3 Å². The molecule has 2 rings (SSSR count). The molecule has 1 atom stereocenters. The van der Waals surface area contributed by atoms with Gasteiger partial charge in [0.15, 0.2) is 0 Å². The third kappa shape index (κ3) is 2.78. The zero-order valence-electron chi connectivity index (χ0n) is 10.2. The number of hydrogen-bond donors (Lipinski definition) is 1. The molecule has 5 nitrogen and oxygen atoms in total. The molecular weight excluding hydrogens is 218 g/mol. The maximum Gasteiger partial charge on any atom is 0.303 e. The number of aryl methyl sites for hydroxylation is 1. The Morgan fingerprint density at radius 2 is 2.47 bits per heavy atom. The van der Waals surface area contributed by atoms with Crippen LogP contribution in [0.4, 0.5) is 5.95 Å². The van der Waals surface area contributed by atoms with Gasteiger partial charge in [0.1, 0.15) is 0 Å². The van der Waals surface area contributed by atoms with Crippen molar-refractivity contribution in [2.24, 2.45) is 5.92 Å². The van der Waals surface area contributed by atoms with E-state index in [-0.39, 0.29) is 6.42 Å². The van der Waals surface area contributed by atoms with E-state index in [1.807, 2.05) is 12.4 Å². The lowest BCUT2D eigenvalue weighted by molar-refractivity contribution is -0.137. The van der Waals surface area contributed by atoms with Crippen LogP contribution in [-0.4, -0.2) is 33.7 Å². The number of imidazole rings is 1. The van der Waals surface area contributed by atoms with Crippen LogP contribution in [0.1, 0.15) is 26.2 Å². The minimum Gasteiger partial charge on any atom is -0.481 e. The highest BCUT2D eigenvalue weighted by atomic mass is 16.4. The Morgan fingerprint density at radius 3 is 3.18 bits per heavy atom. The van der Waals surface area contributed by atoms with E-state index in [2.05, 4.69) is 21.4 Å². The van der Waals surface area contributed by atoms with Crippen molar-refractivity contribution in [1.29, 1.82) is 0 Å². The summed E-state index contributed by atoms with van der Waals surface area (Å²) in [5, 5.41) is 8.68. The van der Waals surface area contributed by atoms with Gasteiger partial charge in [0, 0.05) is 38.4 Å². The lowest BCUT2D eigenvalue weighted by Gasteiger charge is -2.18. The fourth-order valence-corrected chi connectivity index (χ4v) is 2.41. The van der Waals surface area contributed by atoms with Crippen molar-refractivity contribution < 1.29 is 9.90 Å². The quantitative estimate of drug-likeness (QED) is 0.845. The van der Waals surface area contributed by atoms with Gasteiger partial charge in [0.05, 0.1) is 0 Å². The van der Waals surface area contributed by atoms with Crippen molar-refractivity contribution in [2.45, 2.75) is 32.7 Å². The summed E-state index contributed by atoms with van der Waals surface area (Å²) in [7, 11) is 0. The maximum absolute atomic E-state index is 10.5. The Balaban J connectivity index is 1.91. The summed E-state index contributed by atoms with van der Waals surface area (Å²) in [6.07, 6.45) is 5.94. The first-order valence-electron chi connectivity index (χ1n) is 6.18. The van der Waals surface area contributed by atoms with E-state index in [0.29, 0.717) is 5.92 Å². The molecule has 1 aliphatic rings. The van der Waals surface area contributed by atoms with Crippen LogP contribution < -0.4 is 4.90 Å². The second-order valence-electron chi connectivity index (χ2n) is 4.55. The number of carboxylic acid groups (broad SMARTS) is 1. The molecular formula is C12H19N3O2. The molecule has 1 aromatic rings. The number of aliphatic carboxylic acids is 1. The lowest BCUT2D eigenvalue weighted by Crippen LogP contribution is -2.23. The number of anilines is 1. The molecule has 0 saturated carbocycles. The van der Waals surface area contributed by atoms with Gasteiger partial charge in [0.25, 0.3) is 0 Å². The highest BCUT2D eigenvalue weighted by Crippen LogP contribution is 2.25. The first-order valence-corrected chi connectivity index (χ1v) is 6.18. The first-order chi connectivity index (χ1) is 8.20. The molecule has 5 heteroatoms. The molecule has 0 bridgehead atoms. The average molecular weight is 237 g/mol. The maximum atomic E-state index is 10.5. The van der Waals surface area contributed by atoms with Gasteiger partial charge in [-0.3, -0.25) is 4.79 Å². The molecule has 0 radical (unpaired) electrons. The number of carbonyl (C=O) groups is 1. The molecule has 0 aliphatic carbocycles. The molecule has 17 heavy (non-hydrogen) atoms. The Bertz CT molecular complexity index is 389. The second kappa shape index (κ2) is 5.21. The van der Waals surface area contributed by atoms with E-state index in [9.17, 15) is 4.79 Å². The summed E-state index contributed by atoms with van der Waals surface area (Å²) in [4.78, 5) is 17.2. The molecule has 1 fully saturated rings. The van der Waals surface area contributed by atoms with Crippen LogP contribution in [0.25, 0.3) is 0 Å². The molecule has 1 saturated heterocycles. The molecule has 94 valence electrons. The molecule has 1 N–H and O–H groups in total. The van der Waals surface area contributed by atoms with E-state index < -0.39 is 5.97 Å². The third-order valence-electron chi connectivity index (χ3n) is 3.37. The van der Waals surface area contributed by atoms with Gasteiger partial charge < -0.3 is 14.6 Å². The number of nitrogens with zero attached hydrogens (tertiary/aromatic N) is 3. The summed E-state index contributed by atoms with van der Waals surface area (Å²) >= 11 is 0. The third-order valence-corrected chi connectivity index (χ3v) is 3.37. The normalized spacial score (nSPS) is 19.8. The average Bonchev–Trinajstić information content (AvgIpc) is 2.94. The van der Waals surface area contributed by atoms with E-state index in [1.54, 1.807) is 0 Å². The lowest BCUT2D eigenvalue weighted by atomic mass is 10.0. The summed E-state index contributed by atoms with van der Waals surface area (Å²) in [6, 6.07) is 0. The Hall–Kier alpha value is -1.52. The minimum atomic E-state index is -0.696. The van der Waals surface area contributed by atoms with Crippen LogP contribution in [0.5, 0.6) is 0 Å². The van der Waals surface area contributed by atoms with Gasteiger partial charge in [0.2, 0.25) is 5.95 Å². The molecule has 0 aromatic carbocycles. The molecule has 1 aromatic heterocycles. The van der Waals surface area contributed by atoms with Crippen LogP contribution in [0.15, 0.2) is 12.4 Å². The molecule has 2 heterocycles. The summed E-state index contributed by atoms with van der Waals surface area (Å²) in [6.45, 7) is 4.94. The summed E-state index contributed by atoms with van der Waals surface area (Å²) in [5.41, 5.74) is 0. The van der Waals surface area contributed by atoms with Gasteiger partial charge in [-0.15, -0.1) is 0 Å². The Morgan fingerprint density at radius 1 is 1.65 bits per heavy atom. The van der Waals surface area contributed by atoms with Crippen molar-refractivity contribution in [2.75, 3.05) is 18.0 Å². The van der Waals surface area contributed by atoms with Crippen molar-refractivity contribution in [3.05, 3.63) is 12.4 Å². The van der Waals surface area contributed by atoms with E-state index in [4.69, 9.17) is 5.11 Å².